The van der Waals surface area contributed by atoms with Crippen molar-refractivity contribution in [2.24, 2.45) is 0 Å². The van der Waals surface area contributed by atoms with Crippen molar-refractivity contribution in [2.75, 3.05) is 5.73 Å². The maximum atomic E-state index is 9.57. The van der Waals surface area contributed by atoms with Gasteiger partial charge in [0.15, 0.2) is 0 Å². The first-order valence-electron chi connectivity index (χ1n) is 7.34. The molecule has 124 valence electrons. The van der Waals surface area contributed by atoms with Gasteiger partial charge in [0.05, 0.1) is 10.7 Å². The summed E-state index contributed by atoms with van der Waals surface area (Å²) in [6, 6.07) is 15.1. The molecule has 0 fully saturated rings. The summed E-state index contributed by atoms with van der Waals surface area (Å²) in [5, 5.41) is 10.6. The standard InChI is InChI=1S/C19H12BrCl2N3/c1-10-17(11-2-4-12(20)5-3-11)15(9-23)19(24)25-18(10)14-7-6-13(21)8-16(14)22/h2-8H,1H3,(H2,24,25). The van der Waals surface area contributed by atoms with E-state index in [-0.39, 0.29) is 5.82 Å². The van der Waals surface area contributed by atoms with Crippen LogP contribution in [0.4, 0.5) is 5.82 Å². The van der Waals surface area contributed by atoms with Gasteiger partial charge in [-0.25, -0.2) is 4.98 Å². The molecule has 0 aliphatic rings. The van der Waals surface area contributed by atoms with E-state index in [2.05, 4.69) is 27.0 Å². The van der Waals surface area contributed by atoms with Crippen molar-refractivity contribution in [1.82, 2.24) is 4.98 Å². The molecule has 0 aliphatic carbocycles. The molecule has 0 atom stereocenters. The second-order valence-corrected chi connectivity index (χ2v) is 7.22. The first-order valence-corrected chi connectivity index (χ1v) is 8.88. The number of anilines is 1. The van der Waals surface area contributed by atoms with E-state index in [1.807, 2.05) is 31.2 Å². The molecular weight excluding hydrogens is 421 g/mol. The maximum Gasteiger partial charge on any atom is 0.142 e. The number of hydrogen-bond donors (Lipinski definition) is 1. The van der Waals surface area contributed by atoms with Crippen LogP contribution in [0, 0.1) is 18.3 Å². The molecule has 0 bridgehead atoms. The third-order valence-corrected chi connectivity index (χ3v) is 4.98. The summed E-state index contributed by atoms with van der Waals surface area (Å²) < 4.78 is 0.954. The SMILES string of the molecule is Cc1c(-c2ccc(Cl)cc2Cl)nc(N)c(C#N)c1-c1ccc(Br)cc1. The minimum atomic E-state index is 0.173. The summed E-state index contributed by atoms with van der Waals surface area (Å²) in [6.45, 7) is 1.91. The zero-order valence-corrected chi connectivity index (χ0v) is 16.2. The van der Waals surface area contributed by atoms with Crippen molar-refractivity contribution >= 4 is 44.9 Å². The number of nitrogens with two attached hydrogens (primary N) is 1. The Morgan fingerprint density at radius 3 is 2.40 bits per heavy atom. The highest BCUT2D eigenvalue weighted by atomic mass is 79.9. The van der Waals surface area contributed by atoms with Crippen LogP contribution in [0.3, 0.4) is 0 Å². The van der Waals surface area contributed by atoms with Gasteiger partial charge in [-0.1, -0.05) is 51.3 Å². The van der Waals surface area contributed by atoms with Crippen LogP contribution in [0.1, 0.15) is 11.1 Å². The highest BCUT2D eigenvalue weighted by Gasteiger charge is 2.19. The number of nitrogen functional groups attached to an aromatic ring is 1. The van der Waals surface area contributed by atoms with Gasteiger partial charge in [0.1, 0.15) is 17.5 Å². The van der Waals surface area contributed by atoms with Crippen molar-refractivity contribution in [1.29, 1.82) is 5.26 Å². The van der Waals surface area contributed by atoms with Gasteiger partial charge in [0, 0.05) is 20.6 Å². The van der Waals surface area contributed by atoms with Gasteiger partial charge in [-0.15, -0.1) is 0 Å². The summed E-state index contributed by atoms with van der Waals surface area (Å²) in [4.78, 5) is 4.43. The number of halogens is 3. The van der Waals surface area contributed by atoms with Crippen molar-refractivity contribution in [3.05, 3.63) is 68.1 Å². The Kier molecular flexibility index (Phi) is 5.01. The van der Waals surface area contributed by atoms with Crippen LogP contribution in [-0.4, -0.2) is 4.98 Å². The average Bonchev–Trinajstić information content (AvgIpc) is 2.57. The second-order valence-electron chi connectivity index (χ2n) is 5.46. The number of rotatable bonds is 2. The number of hydrogen-bond acceptors (Lipinski definition) is 3. The fraction of sp³-hybridized carbons (Fsp3) is 0.0526. The molecule has 0 saturated carbocycles. The molecule has 3 nitrogen and oxygen atoms in total. The van der Waals surface area contributed by atoms with Crippen molar-refractivity contribution < 1.29 is 0 Å². The van der Waals surface area contributed by atoms with E-state index in [9.17, 15) is 5.26 Å². The molecule has 2 N–H and O–H groups in total. The first kappa shape index (κ1) is 17.8. The lowest BCUT2D eigenvalue weighted by Crippen LogP contribution is -2.03. The monoisotopic (exact) mass is 431 g/mol. The molecule has 1 aromatic heterocycles. The van der Waals surface area contributed by atoms with Crippen LogP contribution in [-0.2, 0) is 0 Å². The van der Waals surface area contributed by atoms with E-state index in [1.165, 1.54) is 0 Å². The Hall–Kier alpha value is -2.06. The van der Waals surface area contributed by atoms with Gasteiger partial charge in [0.2, 0.25) is 0 Å². The highest BCUT2D eigenvalue weighted by molar-refractivity contribution is 9.10. The minimum absolute atomic E-state index is 0.173. The predicted octanol–water partition coefficient (Wildman–Crippen LogP) is 6.25. The molecule has 0 unspecified atom stereocenters. The molecule has 25 heavy (non-hydrogen) atoms. The van der Waals surface area contributed by atoms with E-state index in [0.717, 1.165) is 26.7 Å². The summed E-state index contributed by atoms with van der Waals surface area (Å²) in [5.74, 6) is 0.173. The zero-order valence-electron chi connectivity index (χ0n) is 13.1. The lowest BCUT2D eigenvalue weighted by molar-refractivity contribution is 1.26. The molecule has 0 aliphatic heterocycles. The van der Waals surface area contributed by atoms with Gasteiger partial charge < -0.3 is 5.73 Å². The Labute approximate surface area is 164 Å². The third-order valence-electron chi connectivity index (χ3n) is 3.90. The van der Waals surface area contributed by atoms with Crippen molar-refractivity contribution in [2.45, 2.75) is 6.92 Å². The Balaban J connectivity index is 2.33. The smallest absolute Gasteiger partial charge is 0.142 e. The number of aromatic nitrogens is 1. The topological polar surface area (TPSA) is 62.7 Å². The molecule has 0 saturated heterocycles. The van der Waals surface area contributed by atoms with Gasteiger partial charge in [0.25, 0.3) is 0 Å². The third kappa shape index (κ3) is 3.36. The molecule has 3 aromatic rings. The Morgan fingerprint density at radius 1 is 1.12 bits per heavy atom. The first-order chi connectivity index (χ1) is 11.9. The number of nitriles is 1. The number of nitrogens with zero attached hydrogens (tertiary/aromatic N) is 2. The molecule has 3 rings (SSSR count). The fourth-order valence-corrected chi connectivity index (χ4v) is 3.49. The van der Waals surface area contributed by atoms with Crippen molar-refractivity contribution in [3.63, 3.8) is 0 Å². The molecular formula is C19H12BrCl2N3. The molecule has 6 heteroatoms. The van der Waals surface area contributed by atoms with Crippen LogP contribution in [0.5, 0.6) is 0 Å². The van der Waals surface area contributed by atoms with Crippen LogP contribution in [0.25, 0.3) is 22.4 Å². The van der Waals surface area contributed by atoms with E-state index in [1.54, 1.807) is 18.2 Å². The van der Waals surface area contributed by atoms with Crippen LogP contribution < -0.4 is 5.73 Å². The highest BCUT2D eigenvalue weighted by Crippen LogP contribution is 2.38. The van der Waals surface area contributed by atoms with Gasteiger partial charge in [-0.2, -0.15) is 5.26 Å². The maximum absolute atomic E-state index is 9.57. The number of pyridine rings is 1. The minimum Gasteiger partial charge on any atom is -0.383 e. The Bertz CT molecular complexity index is 1010. The predicted molar refractivity (Wildman–Crippen MR) is 107 cm³/mol. The van der Waals surface area contributed by atoms with Crippen molar-refractivity contribution in [3.8, 4) is 28.5 Å². The number of benzene rings is 2. The van der Waals surface area contributed by atoms with Gasteiger partial charge in [-0.05, 0) is 48.4 Å². The summed E-state index contributed by atoms with van der Waals surface area (Å²) in [7, 11) is 0. The quantitative estimate of drug-likeness (QED) is 0.520. The molecule has 2 aromatic carbocycles. The molecule has 1 heterocycles. The van der Waals surface area contributed by atoms with Crippen LogP contribution in [0.15, 0.2) is 46.9 Å². The second kappa shape index (κ2) is 7.05. The van der Waals surface area contributed by atoms with E-state index >= 15 is 0 Å². The van der Waals surface area contributed by atoms with Gasteiger partial charge in [-0.3, -0.25) is 0 Å². The van der Waals surface area contributed by atoms with Crippen LogP contribution in [0.2, 0.25) is 10.0 Å². The summed E-state index contributed by atoms with van der Waals surface area (Å²) in [5.41, 5.74) is 10.3. The fourth-order valence-electron chi connectivity index (χ4n) is 2.73. The largest absolute Gasteiger partial charge is 0.383 e. The van der Waals surface area contributed by atoms with Gasteiger partial charge >= 0.3 is 0 Å². The Morgan fingerprint density at radius 2 is 1.80 bits per heavy atom. The zero-order chi connectivity index (χ0) is 18.1. The lowest BCUT2D eigenvalue weighted by atomic mass is 9.93. The van der Waals surface area contributed by atoms with E-state index < -0.39 is 0 Å². The summed E-state index contributed by atoms with van der Waals surface area (Å²) in [6.07, 6.45) is 0. The molecule has 0 radical (unpaired) electrons. The average molecular weight is 433 g/mol. The molecule has 0 spiro atoms. The lowest BCUT2D eigenvalue weighted by Gasteiger charge is -2.16. The van der Waals surface area contributed by atoms with Crippen LogP contribution >= 0.6 is 39.1 Å². The normalized spacial score (nSPS) is 10.5. The van der Waals surface area contributed by atoms with E-state index in [0.29, 0.717) is 21.3 Å². The summed E-state index contributed by atoms with van der Waals surface area (Å²) >= 11 is 15.8. The van der Waals surface area contributed by atoms with E-state index in [4.69, 9.17) is 28.9 Å². The molecule has 0 amide bonds.